The molecule has 1 aromatic rings. The van der Waals surface area contributed by atoms with Crippen LogP contribution in [0, 0.1) is 0 Å². The maximum Gasteiger partial charge on any atom is 0.148 e. The molecule has 3 N–H and O–H groups in total. The predicted octanol–water partition coefficient (Wildman–Crippen LogP) is 1.70. The molecule has 94 valence electrons. The van der Waals surface area contributed by atoms with Gasteiger partial charge in [0, 0.05) is 18.7 Å². The van der Waals surface area contributed by atoms with Gasteiger partial charge in [-0.3, -0.25) is 0 Å². The quantitative estimate of drug-likeness (QED) is 0.614. The Morgan fingerprint density at radius 2 is 2.12 bits per heavy atom. The highest BCUT2D eigenvalue weighted by Gasteiger charge is 2.23. The maximum atomic E-state index is 5.49. The summed E-state index contributed by atoms with van der Waals surface area (Å²) in [6.07, 6.45) is 7.62. The van der Waals surface area contributed by atoms with Crippen LogP contribution >= 0.6 is 0 Å². The van der Waals surface area contributed by atoms with Crippen LogP contribution in [0.4, 0.5) is 11.6 Å². The maximum absolute atomic E-state index is 5.49. The van der Waals surface area contributed by atoms with Gasteiger partial charge in [0.05, 0.1) is 0 Å². The topological polar surface area (TPSA) is 67.1 Å². The average molecular weight is 235 g/mol. The summed E-state index contributed by atoms with van der Waals surface area (Å²) in [6.45, 7) is 2.10. The zero-order valence-corrected chi connectivity index (χ0v) is 10.6. The van der Waals surface area contributed by atoms with Gasteiger partial charge in [0.15, 0.2) is 0 Å². The summed E-state index contributed by atoms with van der Waals surface area (Å²) in [6, 6.07) is 0.612. The molecule has 17 heavy (non-hydrogen) atoms. The Hall–Kier alpha value is -1.36. The molecule has 5 heteroatoms. The molecule has 2 rings (SSSR count). The SMILES string of the molecule is CCc1c(NN)ncnc1N(C)C1CCCC1. The van der Waals surface area contributed by atoms with E-state index in [2.05, 4.69) is 34.3 Å². The van der Waals surface area contributed by atoms with E-state index in [1.54, 1.807) is 6.33 Å². The first-order valence-corrected chi connectivity index (χ1v) is 6.31. The van der Waals surface area contributed by atoms with Gasteiger partial charge < -0.3 is 10.3 Å². The standard InChI is InChI=1S/C12H21N5/c1-3-10-11(16-13)14-8-15-12(10)17(2)9-6-4-5-7-9/h8-9H,3-7,13H2,1-2H3,(H,14,15,16). The van der Waals surface area contributed by atoms with Gasteiger partial charge in [-0.15, -0.1) is 0 Å². The molecule has 1 saturated carbocycles. The summed E-state index contributed by atoms with van der Waals surface area (Å²) in [5.74, 6) is 7.24. The van der Waals surface area contributed by atoms with Gasteiger partial charge in [-0.25, -0.2) is 15.8 Å². The minimum Gasteiger partial charge on any atom is -0.356 e. The fourth-order valence-electron chi connectivity index (χ4n) is 2.62. The minimum atomic E-state index is 0.612. The van der Waals surface area contributed by atoms with Crippen LogP contribution in [0.2, 0.25) is 0 Å². The second-order valence-electron chi connectivity index (χ2n) is 4.57. The molecule has 0 spiro atoms. The van der Waals surface area contributed by atoms with Gasteiger partial charge in [-0.05, 0) is 19.3 Å². The molecular weight excluding hydrogens is 214 g/mol. The number of nitrogens with two attached hydrogens (primary N) is 1. The van der Waals surface area contributed by atoms with Gasteiger partial charge in [-0.2, -0.15) is 0 Å². The van der Waals surface area contributed by atoms with Crippen LogP contribution in [0.5, 0.6) is 0 Å². The number of anilines is 2. The van der Waals surface area contributed by atoms with Crippen molar-refractivity contribution in [3.05, 3.63) is 11.9 Å². The summed E-state index contributed by atoms with van der Waals surface area (Å²) in [4.78, 5) is 10.9. The number of nitrogens with zero attached hydrogens (tertiary/aromatic N) is 3. The van der Waals surface area contributed by atoms with E-state index in [1.807, 2.05) is 0 Å². The first-order valence-electron chi connectivity index (χ1n) is 6.31. The van der Waals surface area contributed by atoms with E-state index in [0.29, 0.717) is 6.04 Å². The number of aromatic nitrogens is 2. The fraction of sp³-hybridized carbons (Fsp3) is 0.667. The normalized spacial score (nSPS) is 16.2. The van der Waals surface area contributed by atoms with Crippen LogP contribution in [0.3, 0.4) is 0 Å². The molecule has 0 atom stereocenters. The van der Waals surface area contributed by atoms with Crippen molar-refractivity contribution < 1.29 is 0 Å². The van der Waals surface area contributed by atoms with Crippen molar-refractivity contribution in [2.75, 3.05) is 17.4 Å². The van der Waals surface area contributed by atoms with Crippen LogP contribution in [0.15, 0.2) is 6.33 Å². The number of nitrogen functional groups attached to an aromatic ring is 1. The van der Waals surface area contributed by atoms with Crippen LogP contribution < -0.4 is 16.2 Å². The first-order chi connectivity index (χ1) is 8.27. The van der Waals surface area contributed by atoms with E-state index >= 15 is 0 Å². The second kappa shape index (κ2) is 5.31. The average Bonchev–Trinajstić information content (AvgIpc) is 2.90. The lowest BCUT2D eigenvalue weighted by molar-refractivity contribution is 0.642. The highest BCUT2D eigenvalue weighted by atomic mass is 15.3. The summed E-state index contributed by atoms with van der Waals surface area (Å²) >= 11 is 0. The van der Waals surface area contributed by atoms with Gasteiger partial charge in [-0.1, -0.05) is 19.8 Å². The lowest BCUT2D eigenvalue weighted by atomic mass is 10.1. The van der Waals surface area contributed by atoms with Gasteiger partial charge in [0.1, 0.15) is 18.0 Å². The number of nitrogens with one attached hydrogen (secondary N) is 1. The summed E-state index contributed by atoms with van der Waals surface area (Å²) in [7, 11) is 2.12. The third-order valence-corrected chi connectivity index (χ3v) is 3.62. The number of rotatable bonds is 4. The van der Waals surface area contributed by atoms with Crippen molar-refractivity contribution in [3.63, 3.8) is 0 Å². The first kappa shape index (κ1) is 12.1. The molecule has 1 aliphatic carbocycles. The molecule has 0 amide bonds. The lowest BCUT2D eigenvalue weighted by Gasteiger charge is -2.27. The van der Waals surface area contributed by atoms with Gasteiger partial charge >= 0.3 is 0 Å². The summed E-state index contributed by atoms with van der Waals surface area (Å²) < 4.78 is 0. The molecule has 5 nitrogen and oxygen atoms in total. The molecule has 1 fully saturated rings. The molecule has 0 bridgehead atoms. The van der Waals surface area contributed by atoms with E-state index in [1.165, 1.54) is 25.7 Å². The Bertz CT molecular complexity index is 373. The smallest absolute Gasteiger partial charge is 0.148 e. The van der Waals surface area contributed by atoms with Crippen molar-refractivity contribution in [3.8, 4) is 0 Å². The Morgan fingerprint density at radius 3 is 2.71 bits per heavy atom. The molecular formula is C12H21N5. The van der Waals surface area contributed by atoms with Gasteiger partial charge in [0.2, 0.25) is 0 Å². The van der Waals surface area contributed by atoms with Crippen LogP contribution in [-0.2, 0) is 6.42 Å². The molecule has 1 aliphatic rings. The molecule has 1 aromatic heterocycles. The Labute approximate surface area is 102 Å². The minimum absolute atomic E-state index is 0.612. The van der Waals surface area contributed by atoms with E-state index in [9.17, 15) is 0 Å². The van der Waals surface area contributed by atoms with Crippen molar-refractivity contribution >= 4 is 11.6 Å². The molecule has 1 heterocycles. The third-order valence-electron chi connectivity index (χ3n) is 3.62. The largest absolute Gasteiger partial charge is 0.356 e. The summed E-state index contributed by atoms with van der Waals surface area (Å²) in [5.41, 5.74) is 3.76. The zero-order valence-electron chi connectivity index (χ0n) is 10.6. The van der Waals surface area contributed by atoms with Crippen molar-refractivity contribution in [2.45, 2.75) is 45.1 Å². The number of hydrogen-bond donors (Lipinski definition) is 2. The summed E-state index contributed by atoms with van der Waals surface area (Å²) in [5, 5.41) is 0. The third kappa shape index (κ3) is 2.34. The van der Waals surface area contributed by atoms with E-state index in [0.717, 1.165) is 23.6 Å². The fourth-order valence-corrected chi connectivity index (χ4v) is 2.62. The monoisotopic (exact) mass is 235 g/mol. The van der Waals surface area contributed by atoms with E-state index < -0.39 is 0 Å². The zero-order chi connectivity index (χ0) is 12.3. The predicted molar refractivity (Wildman–Crippen MR) is 69.9 cm³/mol. The van der Waals surface area contributed by atoms with E-state index in [-0.39, 0.29) is 0 Å². The van der Waals surface area contributed by atoms with Crippen LogP contribution in [0.1, 0.15) is 38.2 Å². The highest BCUT2D eigenvalue weighted by molar-refractivity contribution is 5.58. The molecule has 0 radical (unpaired) electrons. The molecule has 0 unspecified atom stereocenters. The molecule has 0 saturated heterocycles. The van der Waals surface area contributed by atoms with Crippen molar-refractivity contribution in [1.82, 2.24) is 9.97 Å². The van der Waals surface area contributed by atoms with Crippen LogP contribution in [0.25, 0.3) is 0 Å². The second-order valence-corrected chi connectivity index (χ2v) is 4.57. The van der Waals surface area contributed by atoms with E-state index in [4.69, 9.17) is 5.84 Å². The van der Waals surface area contributed by atoms with Crippen molar-refractivity contribution in [2.24, 2.45) is 5.84 Å². The van der Waals surface area contributed by atoms with Crippen LogP contribution in [-0.4, -0.2) is 23.1 Å². The molecule has 0 aromatic carbocycles. The Morgan fingerprint density at radius 1 is 1.41 bits per heavy atom. The van der Waals surface area contributed by atoms with Crippen molar-refractivity contribution in [1.29, 1.82) is 0 Å². The Balaban J connectivity index is 2.29. The lowest BCUT2D eigenvalue weighted by Crippen LogP contribution is -2.31. The number of hydrazine groups is 1. The molecule has 0 aliphatic heterocycles. The number of hydrogen-bond acceptors (Lipinski definition) is 5. The highest BCUT2D eigenvalue weighted by Crippen LogP contribution is 2.29. The Kier molecular flexibility index (Phi) is 3.78. The van der Waals surface area contributed by atoms with Gasteiger partial charge in [0.25, 0.3) is 0 Å².